The van der Waals surface area contributed by atoms with E-state index < -0.39 is 11.4 Å². The molecule has 0 aliphatic carbocycles. The van der Waals surface area contributed by atoms with E-state index >= 15 is 0 Å². The van der Waals surface area contributed by atoms with Gasteiger partial charge in [-0.3, -0.25) is 0 Å². The third-order valence-corrected chi connectivity index (χ3v) is 3.64. The van der Waals surface area contributed by atoms with Crippen molar-refractivity contribution in [1.29, 1.82) is 0 Å². The maximum atomic E-state index is 12.4. The quantitative estimate of drug-likeness (QED) is 0.785. The van der Waals surface area contributed by atoms with Crippen LogP contribution < -0.4 is 0 Å². The predicted octanol–water partition coefficient (Wildman–Crippen LogP) is 3.90. The summed E-state index contributed by atoms with van der Waals surface area (Å²) >= 11 is 0.528. The van der Waals surface area contributed by atoms with Gasteiger partial charge in [-0.2, -0.15) is 13.2 Å². The fourth-order valence-corrected chi connectivity index (χ4v) is 2.17. The van der Waals surface area contributed by atoms with Crippen LogP contribution in [0.3, 0.4) is 0 Å². The molecule has 1 aromatic heterocycles. The number of nitrogens with zero attached hydrogens (tertiary/aromatic N) is 2. The fourth-order valence-electron chi connectivity index (χ4n) is 1.50. The standard InChI is InChI=1S/C13H13F3N2OS/c1-9(13(14,15)16)20-12-18-17-11(19-12)8-7-10-5-3-2-4-6-10/h2-6,9H,7-8H2,1H3/t9-/m1/s1. The molecule has 0 spiro atoms. The number of hydrogen-bond donors (Lipinski definition) is 0. The molecule has 7 heteroatoms. The van der Waals surface area contributed by atoms with E-state index in [-0.39, 0.29) is 5.22 Å². The van der Waals surface area contributed by atoms with Gasteiger partial charge in [-0.25, -0.2) is 0 Å². The molecule has 0 amide bonds. The summed E-state index contributed by atoms with van der Waals surface area (Å²) < 4.78 is 42.4. The van der Waals surface area contributed by atoms with Gasteiger partial charge in [-0.15, -0.1) is 10.2 Å². The van der Waals surface area contributed by atoms with Crippen molar-refractivity contribution in [1.82, 2.24) is 10.2 Å². The molecule has 0 fully saturated rings. The van der Waals surface area contributed by atoms with Crippen LogP contribution in [-0.2, 0) is 12.8 Å². The molecule has 0 unspecified atom stereocenters. The summed E-state index contributed by atoms with van der Waals surface area (Å²) in [4.78, 5) is 0. The van der Waals surface area contributed by atoms with Gasteiger partial charge in [0.15, 0.2) is 0 Å². The number of thioether (sulfide) groups is 1. The molecule has 108 valence electrons. The van der Waals surface area contributed by atoms with E-state index in [9.17, 15) is 13.2 Å². The average Bonchev–Trinajstić information content (AvgIpc) is 2.84. The van der Waals surface area contributed by atoms with Gasteiger partial charge in [-0.05, 0) is 18.9 Å². The molecular formula is C13H13F3N2OS. The first-order valence-corrected chi connectivity index (χ1v) is 6.93. The highest BCUT2D eigenvalue weighted by molar-refractivity contribution is 7.99. The molecule has 1 heterocycles. The van der Waals surface area contributed by atoms with Crippen molar-refractivity contribution < 1.29 is 17.6 Å². The Morgan fingerprint density at radius 2 is 1.85 bits per heavy atom. The molecule has 2 aromatic rings. The maximum Gasteiger partial charge on any atom is 0.400 e. The van der Waals surface area contributed by atoms with Crippen molar-refractivity contribution in [3.8, 4) is 0 Å². The van der Waals surface area contributed by atoms with Crippen LogP contribution >= 0.6 is 11.8 Å². The summed E-state index contributed by atoms with van der Waals surface area (Å²) in [5.41, 5.74) is 1.11. The third-order valence-electron chi connectivity index (χ3n) is 2.66. The van der Waals surface area contributed by atoms with Crippen molar-refractivity contribution in [2.75, 3.05) is 0 Å². The molecule has 0 N–H and O–H groups in total. The lowest BCUT2D eigenvalue weighted by atomic mass is 10.1. The first kappa shape index (κ1) is 14.9. The highest BCUT2D eigenvalue weighted by Gasteiger charge is 2.37. The molecule has 0 radical (unpaired) electrons. The highest BCUT2D eigenvalue weighted by atomic mass is 32.2. The predicted molar refractivity (Wildman–Crippen MR) is 69.5 cm³/mol. The van der Waals surface area contributed by atoms with Crippen molar-refractivity contribution in [3.05, 3.63) is 41.8 Å². The molecule has 0 saturated heterocycles. The number of alkyl halides is 3. The lowest BCUT2D eigenvalue weighted by Crippen LogP contribution is -2.21. The number of aryl methyl sites for hydroxylation is 2. The molecule has 20 heavy (non-hydrogen) atoms. The van der Waals surface area contributed by atoms with Crippen molar-refractivity contribution in [2.24, 2.45) is 0 Å². The van der Waals surface area contributed by atoms with Crippen molar-refractivity contribution in [2.45, 2.75) is 36.4 Å². The van der Waals surface area contributed by atoms with Crippen LogP contribution in [0.1, 0.15) is 18.4 Å². The van der Waals surface area contributed by atoms with Gasteiger partial charge >= 0.3 is 6.18 Å². The van der Waals surface area contributed by atoms with E-state index in [1.165, 1.54) is 0 Å². The Labute approximate surface area is 118 Å². The molecule has 0 bridgehead atoms. The highest BCUT2D eigenvalue weighted by Crippen LogP contribution is 2.34. The SMILES string of the molecule is C[C@@H](Sc1nnc(CCc2ccccc2)o1)C(F)(F)F. The number of halogens is 3. The first-order chi connectivity index (χ1) is 9.45. The second kappa shape index (κ2) is 6.30. The average molecular weight is 302 g/mol. The summed E-state index contributed by atoms with van der Waals surface area (Å²) in [7, 11) is 0. The summed E-state index contributed by atoms with van der Waals surface area (Å²) in [5, 5.41) is 5.78. The topological polar surface area (TPSA) is 38.9 Å². The molecule has 0 aliphatic rings. The second-order valence-corrected chi connectivity index (χ2v) is 5.54. The molecule has 2 rings (SSSR count). The van der Waals surface area contributed by atoms with Gasteiger partial charge in [0.05, 0.1) is 0 Å². The summed E-state index contributed by atoms with van der Waals surface area (Å²) in [6, 6.07) is 9.71. The minimum atomic E-state index is -4.27. The number of hydrogen-bond acceptors (Lipinski definition) is 4. The fraction of sp³-hybridized carbons (Fsp3) is 0.385. The van der Waals surface area contributed by atoms with E-state index in [2.05, 4.69) is 10.2 Å². The Kier molecular flexibility index (Phi) is 4.69. The molecule has 0 aliphatic heterocycles. The lowest BCUT2D eigenvalue weighted by Gasteiger charge is -2.11. The molecule has 0 saturated carbocycles. The Morgan fingerprint density at radius 3 is 2.50 bits per heavy atom. The Morgan fingerprint density at radius 1 is 1.15 bits per heavy atom. The summed E-state index contributed by atoms with van der Waals surface area (Å²) in [5.74, 6) is 0.353. The van der Waals surface area contributed by atoms with E-state index in [4.69, 9.17) is 4.42 Å². The monoisotopic (exact) mass is 302 g/mol. The number of aromatic nitrogens is 2. The maximum absolute atomic E-state index is 12.4. The van der Waals surface area contributed by atoms with Crippen molar-refractivity contribution in [3.63, 3.8) is 0 Å². The Balaban J connectivity index is 1.89. The third kappa shape index (κ3) is 4.26. The normalized spacial score (nSPS) is 13.4. The lowest BCUT2D eigenvalue weighted by molar-refractivity contribution is -0.125. The smallest absolute Gasteiger partial charge is 0.400 e. The minimum Gasteiger partial charge on any atom is -0.416 e. The second-order valence-electron chi connectivity index (χ2n) is 4.25. The van der Waals surface area contributed by atoms with Crippen LogP contribution in [0.25, 0.3) is 0 Å². The van der Waals surface area contributed by atoms with Crippen LogP contribution in [0.4, 0.5) is 13.2 Å². The van der Waals surface area contributed by atoms with Crippen LogP contribution in [-0.4, -0.2) is 21.6 Å². The molecule has 3 nitrogen and oxygen atoms in total. The first-order valence-electron chi connectivity index (χ1n) is 6.05. The van der Waals surface area contributed by atoms with Gasteiger partial charge < -0.3 is 4.42 Å². The largest absolute Gasteiger partial charge is 0.416 e. The number of benzene rings is 1. The van der Waals surface area contributed by atoms with Crippen LogP contribution in [0.5, 0.6) is 0 Å². The molecule has 1 aromatic carbocycles. The van der Waals surface area contributed by atoms with Gasteiger partial charge in [0.1, 0.15) is 5.25 Å². The Bertz CT molecular complexity index is 542. The van der Waals surface area contributed by atoms with Crippen LogP contribution in [0, 0.1) is 0 Å². The summed E-state index contributed by atoms with van der Waals surface area (Å²) in [6.45, 7) is 1.07. The van der Waals surface area contributed by atoms with Gasteiger partial charge in [0.2, 0.25) is 5.89 Å². The number of rotatable bonds is 5. The molecule has 1 atom stereocenters. The molecular weight excluding hydrogens is 289 g/mol. The van der Waals surface area contributed by atoms with E-state index in [0.717, 1.165) is 12.5 Å². The van der Waals surface area contributed by atoms with E-state index in [0.29, 0.717) is 30.5 Å². The van der Waals surface area contributed by atoms with Gasteiger partial charge in [0, 0.05) is 6.42 Å². The Hall–Kier alpha value is -1.50. The van der Waals surface area contributed by atoms with Crippen LogP contribution in [0.2, 0.25) is 0 Å². The zero-order valence-corrected chi connectivity index (χ0v) is 11.5. The minimum absolute atomic E-state index is 0.0436. The van der Waals surface area contributed by atoms with E-state index in [1.807, 2.05) is 30.3 Å². The van der Waals surface area contributed by atoms with Gasteiger partial charge in [-0.1, -0.05) is 42.1 Å². The van der Waals surface area contributed by atoms with Crippen LogP contribution in [0.15, 0.2) is 40.0 Å². The van der Waals surface area contributed by atoms with E-state index in [1.54, 1.807) is 0 Å². The zero-order chi connectivity index (χ0) is 14.6. The zero-order valence-electron chi connectivity index (χ0n) is 10.7. The van der Waals surface area contributed by atoms with Gasteiger partial charge in [0.25, 0.3) is 5.22 Å². The summed E-state index contributed by atoms with van der Waals surface area (Å²) in [6.07, 6.45) is -3.05. The van der Waals surface area contributed by atoms with Crippen molar-refractivity contribution >= 4 is 11.8 Å².